The second-order valence-electron chi connectivity index (χ2n) is 4.73. The molecule has 0 spiro atoms. The minimum atomic E-state index is 0.909. The topological polar surface area (TPSA) is 44.8 Å². The second kappa shape index (κ2) is 6.40. The maximum Gasteiger partial charge on any atom is 0.150 e. The van der Waals surface area contributed by atoms with Crippen molar-refractivity contribution in [1.82, 2.24) is 20.1 Å². The minimum Gasteiger partial charge on any atom is -0.296 e. The maximum absolute atomic E-state index is 4.47. The van der Waals surface area contributed by atoms with E-state index in [1.54, 1.807) is 0 Å². The Kier molecular flexibility index (Phi) is 4.86. The van der Waals surface area contributed by atoms with Gasteiger partial charge in [-0.2, -0.15) is 16.9 Å². The monoisotopic (exact) mass is 254 g/mol. The summed E-state index contributed by atoms with van der Waals surface area (Å²) in [6.45, 7) is 5.42. The molecule has 2 heterocycles. The Morgan fingerprint density at radius 1 is 1.41 bits per heavy atom. The van der Waals surface area contributed by atoms with Crippen molar-refractivity contribution in [1.29, 1.82) is 0 Å². The molecular weight excluding hydrogens is 232 g/mol. The highest BCUT2D eigenvalue weighted by molar-refractivity contribution is 7.98. The third kappa shape index (κ3) is 3.71. The minimum absolute atomic E-state index is 0.909. The highest BCUT2D eigenvalue weighted by Gasteiger charge is 2.19. The summed E-state index contributed by atoms with van der Waals surface area (Å²) in [5.41, 5.74) is 0. The molecule has 1 saturated heterocycles. The van der Waals surface area contributed by atoms with Crippen molar-refractivity contribution in [2.24, 2.45) is 5.92 Å². The summed E-state index contributed by atoms with van der Waals surface area (Å²) in [7, 11) is 0. The zero-order chi connectivity index (χ0) is 12.1. The molecule has 1 aromatic heterocycles. The molecule has 2 rings (SSSR count). The summed E-state index contributed by atoms with van der Waals surface area (Å²) in [6, 6.07) is 0. The lowest BCUT2D eigenvalue weighted by molar-refractivity contribution is 0.183. The van der Waals surface area contributed by atoms with Gasteiger partial charge in [0.25, 0.3) is 0 Å². The van der Waals surface area contributed by atoms with Gasteiger partial charge in [-0.25, -0.2) is 4.98 Å². The molecule has 0 aliphatic carbocycles. The summed E-state index contributed by atoms with van der Waals surface area (Å²) >= 11 is 1.97. The molecule has 5 heteroatoms. The van der Waals surface area contributed by atoms with Crippen LogP contribution < -0.4 is 0 Å². The van der Waals surface area contributed by atoms with Gasteiger partial charge in [0.05, 0.1) is 6.54 Å². The van der Waals surface area contributed by atoms with Crippen LogP contribution in [0.5, 0.6) is 0 Å². The first-order valence-electron chi connectivity index (χ1n) is 6.43. The Hall–Kier alpha value is -0.550. The fourth-order valence-corrected chi connectivity index (χ4v) is 3.13. The lowest BCUT2D eigenvalue weighted by Gasteiger charge is -2.30. The third-order valence-electron chi connectivity index (χ3n) is 3.38. The van der Waals surface area contributed by atoms with Gasteiger partial charge in [-0.3, -0.25) is 10.00 Å². The highest BCUT2D eigenvalue weighted by atomic mass is 32.2. The van der Waals surface area contributed by atoms with E-state index in [-0.39, 0.29) is 0 Å². The van der Waals surface area contributed by atoms with Crippen LogP contribution in [0, 0.1) is 5.92 Å². The number of nitrogens with zero attached hydrogens (tertiary/aromatic N) is 3. The van der Waals surface area contributed by atoms with Gasteiger partial charge in [0, 0.05) is 6.42 Å². The Morgan fingerprint density at radius 2 is 2.18 bits per heavy atom. The van der Waals surface area contributed by atoms with Crippen LogP contribution >= 0.6 is 11.8 Å². The number of aromatic amines is 1. The lowest BCUT2D eigenvalue weighted by Crippen LogP contribution is -2.34. The van der Waals surface area contributed by atoms with E-state index in [1.165, 1.54) is 31.7 Å². The van der Waals surface area contributed by atoms with Gasteiger partial charge in [-0.15, -0.1) is 0 Å². The first-order valence-corrected chi connectivity index (χ1v) is 7.82. The van der Waals surface area contributed by atoms with Gasteiger partial charge in [0.2, 0.25) is 0 Å². The molecule has 1 N–H and O–H groups in total. The normalized spacial score (nSPS) is 18.7. The van der Waals surface area contributed by atoms with Crippen molar-refractivity contribution < 1.29 is 0 Å². The Balaban J connectivity index is 1.77. The van der Waals surface area contributed by atoms with Crippen LogP contribution in [0.3, 0.4) is 0 Å². The molecule has 0 bridgehead atoms. The van der Waals surface area contributed by atoms with E-state index < -0.39 is 0 Å². The smallest absolute Gasteiger partial charge is 0.150 e. The quantitative estimate of drug-likeness (QED) is 0.872. The highest BCUT2D eigenvalue weighted by Crippen LogP contribution is 2.21. The van der Waals surface area contributed by atoms with Crippen molar-refractivity contribution in [3.63, 3.8) is 0 Å². The van der Waals surface area contributed by atoms with E-state index in [9.17, 15) is 0 Å². The van der Waals surface area contributed by atoms with Crippen LogP contribution in [0.1, 0.15) is 31.4 Å². The van der Waals surface area contributed by atoms with Gasteiger partial charge in [0.15, 0.2) is 0 Å². The van der Waals surface area contributed by atoms with Crippen molar-refractivity contribution >= 4 is 11.8 Å². The van der Waals surface area contributed by atoms with E-state index in [0.29, 0.717) is 0 Å². The summed E-state index contributed by atoms with van der Waals surface area (Å²) in [5.74, 6) is 4.18. The average molecular weight is 254 g/mol. The van der Waals surface area contributed by atoms with Crippen molar-refractivity contribution in [2.75, 3.05) is 25.1 Å². The molecule has 0 amide bonds. The van der Waals surface area contributed by atoms with Crippen LogP contribution in [-0.4, -0.2) is 45.2 Å². The van der Waals surface area contributed by atoms with Crippen molar-refractivity contribution in [2.45, 2.75) is 32.7 Å². The number of likely N-dealkylation sites (tertiary alicyclic amines) is 1. The number of rotatable bonds is 5. The number of piperidine rings is 1. The first kappa shape index (κ1) is 12.9. The molecule has 96 valence electrons. The van der Waals surface area contributed by atoms with Gasteiger partial charge in [-0.1, -0.05) is 6.92 Å². The summed E-state index contributed by atoms with van der Waals surface area (Å²) in [5, 5.41) is 7.21. The average Bonchev–Trinajstić information content (AvgIpc) is 2.80. The molecule has 0 saturated carbocycles. The molecule has 1 aliphatic heterocycles. The van der Waals surface area contributed by atoms with Gasteiger partial charge in [-0.05, 0) is 43.9 Å². The van der Waals surface area contributed by atoms with Crippen LogP contribution in [-0.2, 0) is 13.0 Å². The molecule has 17 heavy (non-hydrogen) atoms. The van der Waals surface area contributed by atoms with Gasteiger partial charge in [0.1, 0.15) is 11.6 Å². The summed E-state index contributed by atoms with van der Waals surface area (Å²) in [6.07, 6.45) is 5.77. The van der Waals surface area contributed by atoms with E-state index in [1.807, 2.05) is 11.8 Å². The van der Waals surface area contributed by atoms with Crippen LogP contribution in [0.2, 0.25) is 0 Å². The Labute approximate surface area is 108 Å². The van der Waals surface area contributed by atoms with E-state index in [4.69, 9.17) is 0 Å². The lowest BCUT2D eigenvalue weighted by atomic mass is 9.99. The molecule has 0 atom stereocenters. The van der Waals surface area contributed by atoms with E-state index in [2.05, 4.69) is 33.3 Å². The van der Waals surface area contributed by atoms with Crippen molar-refractivity contribution in [3.8, 4) is 0 Å². The summed E-state index contributed by atoms with van der Waals surface area (Å²) < 4.78 is 0. The van der Waals surface area contributed by atoms with Gasteiger partial charge >= 0.3 is 0 Å². The van der Waals surface area contributed by atoms with Crippen LogP contribution in [0.15, 0.2) is 0 Å². The van der Waals surface area contributed by atoms with Gasteiger partial charge < -0.3 is 0 Å². The Bertz CT molecular complexity index is 331. The largest absolute Gasteiger partial charge is 0.296 e. The standard InChI is InChI=1S/C12H22N4S/c1-3-11-13-12(15-14-11)8-16-6-4-10(5-7-16)9-17-2/h10H,3-9H2,1-2H3,(H,13,14,15). The zero-order valence-electron chi connectivity index (χ0n) is 10.8. The number of hydrogen-bond donors (Lipinski definition) is 1. The fourth-order valence-electron chi connectivity index (χ4n) is 2.32. The maximum atomic E-state index is 4.47. The molecule has 1 aliphatic rings. The predicted octanol–water partition coefficient (Wildman–Crippen LogP) is 1.94. The predicted molar refractivity (Wildman–Crippen MR) is 72.1 cm³/mol. The Morgan fingerprint density at radius 3 is 2.76 bits per heavy atom. The third-order valence-corrected chi connectivity index (χ3v) is 4.18. The van der Waals surface area contributed by atoms with E-state index in [0.717, 1.165) is 30.5 Å². The van der Waals surface area contributed by atoms with Crippen LogP contribution in [0.4, 0.5) is 0 Å². The summed E-state index contributed by atoms with van der Waals surface area (Å²) in [4.78, 5) is 6.95. The number of aromatic nitrogens is 3. The molecular formula is C12H22N4S. The molecule has 1 aromatic rings. The SMILES string of the molecule is CCc1n[nH]c(CN2CCC(CSC)CC2)n1. The van der Waals surface area contributed by atoms with E-state index >= 15 is 0 Å². The molecule has 0 unspecified atom stereocenters. The number of H-pyrrole nitrogens is 1. The number of thioether (sulfide) groups is 1. The zero-order valence-corrected chi connectivity index (χ0v) is 11.6. The molecule has 4 nitrogen and oxygen atoms in total. The van der Waals surface area contributed by atoms with Crippen LogP contribution in [0.25, 0.3) is 0 Å². The first-order chi connectivity index (χ1) is 8.31. The second-order valence-corrected chi connectivity index (χ2v) is 5.64. The fraction of sp³-hybridized carbons (Fsp3) is 0.833. The number of hydrogen-bond acceptors (Lipinski definition) is 4. The molecule has 0 radical (unpaired) electrons. The molecule has 0 aromatic carbocycles. The van der Waals surface area contributed by atoms with Crippen molar-refractivity contribution in [3.05, 3.63) is 11.6 Å². The number of aryl methyl sites for hydroxylation is 1. The molecule has 1 fully saturated rings. The number of nitrogens with one attached hydrogen (secondary N) is 1.